The molecule has 1 saturated heterocycles. The molecule has 4 aromatic rings. The molecule has 11 heteroatoms. The van der Waals surface area contributed by atoms with Gasteiger partial charge in [0.15, 0.2) is 11.5 Å². The summed E-state index contributed by atoms with van der Waals surface area (Å²) < 4.78 is 4.46. The van der Waals surface area contributed by atoms with E-state index in [9.17, 15) is 9.59 Å². The van der Waals surface area contributed by atoms with Gasteiger partial charge >= 0.3 is 0 Å². The highest BCUT2D eigenvalue weighted by molar-refractivity contribution is 5.77. The number of anilines is 3. The Hall–Kier alpha value is -4.25. The van der Waals surface area contributed by atoms with Crippen LogP contribution in [0.4, 0.5) is 17.3 Å². The first-order valence-corrected chi connectivity index (χ1v) is 12.8. The van der Waals surface area contributed by atoms with Gasteiger partial charge in [0.05, 0.1) is 12.6 Å². The zero-order chi connectivity index (χ0) is 27.0. The van der Waals surface area contributed by atoms with E-state index in [1.165, 1.54) is 21.6 Å². The quantitative estimate of drug-likeness (QED) is 0.360. The fraction of sp³-hybridized carbons (Fsp3) is 0.370. The van der Waals surface area contributed by atoms with E-state index in [1.54, 1.807) is 16.8 Å². The number of benzene rings is 1. The Morgan fingerprint density at radius 3 is 2.50 bits per heavy atom. The topological polar surface area (TPSA) is 129 Å². The predicted molar refractivity (Wildman–Crippen MR) is 150 cm³/mol. The number of piperidine rings is 1. The van der Waals surface area contributed by atoms with Gasteiger partial charge in [-0.25, -0.2) is 19.0 Å². The molecular formula is C27H33N9O2. The maximum Gasteiger partial charge on any atom is 0.278 e. The summed E-state index contributed by atoms with van der Waals surface area (Å²) in [7, 11) is 0. The molecule has 3 aromatic heterocycles. The van der Waals surface area contributed by atoms with Crippen molar-refractivity contribution in [2.45, 2.75) is 51.7 Å². The van der Waals surface area contributed by atoms with E-state index in [0.29, 0.717) is 22.8 Å². The van der Waals surface area contributed by atoms with Crippen molar-refractivity contribution in [3.8, 4) is 5.82 Å². The van der Waals surface area contributed by atoms with Gasteiger partial charge in [0.2, 0.25) is 5.95 Å². The minimum atomic E-state index is -0.269. The molecule has 1 aromatic carbocycles. The van der Waals surface area contributed by atoms with E-state index in [-0.39, 0.29) is 29.2 Å². The summed E-state index contributed by atoms with van der Waals surface area (Å²) in [6, 6.07) is 11.0. The summed E-state index contributed by atoms with van der Waals surface area (Å²) in [4.78, 5) is 36.9. The van der Waals surface area contributed by atoms with Crippen LogP contribution in [0.25, 0.3) is 16.9 Å². The van der Waals surface area contributed by atoms with E-state index in [2.05, 4.69) is 50.9 Å². The van der Waals surface area contributed by atoms with Crippen molar-refractivity contribution in [1.82, 2.24) is 29.1 Å². The van der Waals surface area contributed by atoms with Crippen LogP contribution in [-0.4, -0.2) is 47.7 Å². The first-order valence-electron chi connectivity index (χ1n) is 12.8. The van der Waals surface area contributed by atoms with Crippen molar-refractivity contribution < 1.29 is 0 Å². The molecule has 11 nitrogen and oxygen atoms in total. The molecule has 1 fully saturated rings. The second kappa shape index (κ2) is 9.90. The Morgan fingerprint density at radius 2 is 1.84 bits per heavy atom. The highest BCUT2D eigenvalue weighted by Gasteiger charge is 2.26. The van der Waals surface area contributed by atoms with Gasteiger partial charge in [-0.2, -0.15) is 4.98 Å². The average Bonchev–Trinajstić information content (AvgIpc) is 3.16. The third-order valence-electron chi connectivity index (χ3n) is 6.89. The first-order chi connectivity index (χ1) is 18.2. The smallest absolute Gasteiger partial charge is 0.278 e. The van der Waals surface area contributed by atoms with Crippen LogP contribution in [0.2, 0.25) is 0 Å². The maximum atomic E-state index is 13.2. The largest absolute Gasteiger partial charge is 0.371 e. The molecule has 0 saturated carbocycles. The normalized spacial score (nSPS) is 15.2. The molecular weight excluding hydrogens is 482 g/mol. The summed E-state index contributed by atoms with van der Waals surface area (Å²) in [6.07, 6.45) is 5.04. The third-order valence-corrected chi connectivity index (χ3v) is 6.89. The molecule has 38 heavy (non-hydrogen) atoms. The van der Waals surface area contributed by atoms with E-state index in [1.807, 2.05) is 26.0 Å². The fourth-order valence-corrected chi connectivity index (χ4v) is 4.67. The van der Waals surface area contributed by atoms with Crippen molar-refractivity contribution in [1.29, 1.82) is 0 Å². The van der Waals surface area contributed by atoms with Crippen LogP contribution in [0.15, 0.2) is 64.8 Å². The van der Waals surface area contributed by atoms with Gasteiger partial charge in [-0.15, -0.1) is 11.7 Å². The second-order valence-corrected chi connectivity index (χ2v) is 10.3. The van der Waals surface area contributed by atoms with Crippen LogP contribution in [0, 0.1) is 0 Å². The van der Waals surface area contributed by atoms with Crippen molar-refractivity contribution in [2.75, 3.05) is 23.3 Å². The number of rotatable bonds is 7. The minimum absolute atomic E-state index is 0.0962. The lowest BCUT2D eigenvalue weighted by molar-refractivity contribution is 0.364. The molecule has 5 rings (SSSR count). The molecule has 0 spiro atoms. The number of nitrogens with one attached hydrogen (secondary N) is 1. The Kier molecular flexibility index (Phi) is 6.62. The fourth-order valence-electron chi connectivity index (χ4n) is 4.67. The number of allylic oxidation sites excluding steroid dienone is 1. The highest BCUT2D eigenvalue weighted by Crippen LogP contribution is 2.26. The van der Waals surface area contributed by atoms with E-state index in [0.717, 1.165) is 37.3 Å². The van der Waals surface area contributed by atoms with Gasteiger partial charge in [0.1, 0.15) is 5.39 Å². The van der Waals surface area contributed by atoms with Crippen molar-refractivity contribution in [3.63, 3.8) is 0 Å². The van der Waals surface area contributed by atoms with Crippen molar-refractivity contribution in [3.05, 3.63) is 76.0 Å². The molecule has 3 N–H and O–H groups in total. The van der Waals surface area contributed by atoms with E-state index in [4.69, 9.17) is 5.73 Å². The molecule has 0 unspecified atom stereocenters. The number of nitrogens with two attached hydrogens (primary N) is 1. The van der Waals surface area contributed by atoms with Gasteiger partial charge in [-0.1, -0.05) is 6.08 Å². The highest BCUT2D eigenvalue weighted by atomic mass is 16.1. The van der Waals surface area contributed by atoms with Crippen LogP contribution in [0.1, 0.15) is 39.7 Å². The summed E-state index contributed by atoms with van der Waals surface area (Å²) >= 11 is 0. The molecule has 4 heterocycles. The summed E-state index contributed by atoms with van der Waals surface area (Å²) in [5.74, 6) is 0.736. The van der Waals surface area contributed by atoms with E-state index >= 15 is 0 Å². The number of hydrogen-bond donors (Lipinski definition) is 2. The lowest BCUT2D eigenvalue weighted by Gasteiger charge is -2.38. The molecule has 0 aliphatic carbocycles. The van der Waals surface area contributed by atoms with Crippen LogP contribution < -0.4 is 27.1 Å². The average molecular weight is 516 g/mol. The van der Waals surface area contributed by atoms with Gasteiger partial charge in [0.25, 0.3) is 11.1 Å². The molecule has 1 aliphatic heterocycles. The minimum Gasteiger partial charge on any atom is -0.371 e. The summed E-state index contributed by atoms with van der Waals surface area (Å²) in [5, 5.41) is 8.08. The molecule has 0 amide bonds. The monoisotopic (exact) mass is 515 g/mol. The Balaban J connectivity index is 1.49. The molecule has 0 radical (unpaired) electrons. The Morgan fingerprint density at radius 1 is 1.13 bits per heavy atom. The zero-order valence-corrected chi connectivity index (χ0v) is 22.0. The van der Waals surface area contributed by atoms with Gasteiger partial charge in [0, 0.05) is 42.3 Å². The van der Waals surface area contributed by atoms with Crippen LogP contribution in [0.3, 0.4) is 0 Å². The number of fused-ring (bicyclic) bond motifs is 1. The van der Waals surface area contributed by atoms with Crippen LogP contribution >= 0.6 is 0 Å². The number of nitrogens with zero attached hydrogens (tertiary/aromatic N) is 7. The molecule has 1 aliphatic rings. The first kappa shape index (κ1) is 25.4. The Bertz CT molecular complexity index is 1590. The summed E-state index contributed by atoms with van der Waals surface area (Å²) in [6.45, 7) is 11.7. The SMILES string of the molecule is C=CCn1c(=O)c2cnc(Nc3ccc(N4CCC(C)(N)CC4)cc3)nc2n1-c1ccc(=O)n(C(C)C)n1. The van der Waals surface area contributed by atoms with Crippen molar-refractivity contribution in [2.24, 2.45) is 5.73 Å². The summed E-state index contributed by atoms with van der Waals surface area (Å²) in [5.41, 5.74) is 8.03. The van der Waals surface area contributed by atoms with Gasteiger partial charge in [-0.3, -0.25) is 9.59 Å². The molecule has 0 atom stereocenters. The molecule has 0 bridgehead atoms. The van der Waals surface area contributed by atoms with Gasteiger partial charge in [-0.05, 0) is 63.9 Å². The Labute approximate surface area is 220 Å². The third kappa shape index (κ3) is 4.84. The number of hydrogen-bond acceptors (Lipinski definition) is 8. The number of aromatic nitrogens is 6. The van der Waals surface area contributed by atoms with Gasteiger partial charge < -0.3 is 16.0 Å². The zero-order valence-electron chi connectivity index (χ0n) is 22.0. The lowest BCUT2D eigenvalue weighted by atomic mass is 9.91. The molecule has 198 valence electrons. The standard InChI is InChI=1S/C27H33N9O2/c1-5-14-34-25(38)21-17-29-26(31-24(21)36(34)22-10-11-23(37)35(32-22)18(2)3)30-19-6-8-20(9-7-19)33-15-12-27(4,28)13-16-33/h5-11,17-18H,1,12-16,28H2,2-4H3,(H,29,30,31). The second-order valence-electron chi connectivity index (χ2n) is 10.3. The van der Waals surface area contributed by atoms with Crippen LogP contribution in [-0.2, 0) is 6.54 Å². The lowest BCUT2D eigenvalue weighted by Crippen LogP contribution is -2.48. The maximum absolute atomic E-state index is 13.2. The van der Waals surface area contributed by atoms with E-state index < -0.39 is 0 Å². The van der Waals surface area contributed by atoms with Crippen molar-refractivity contribution >= 4 is 28.4 Å². The van der Waals surface area contributed by atoms with Crippen LogP contribution in [0.5, 0.6) is 0 Å². The predicted octanol–water partition coefficient (Wildman–Crippen LogP) is 2.97.